The van der Waals surface area contributed by atoms with Gasteiger partial charge in [0.2, 0.25) is 5.91 Å². The van der Waals surface area contributed by atoms with E-state index in [1.165, 1.54) is 5.69 Å². The van der Waals surface area contributed by atoms with Gasteiger partial charge in [0.05, 0.1) is 11.6 Å². The van der Waals surface area contributed by atoms with E-state index in [1.54, 1.807) is 0 Å². The van der Waals surface area contributed by atoms with E-state index in [9.17, 15) is 9.59 Å². The van der Waals surface area contributed by atoms with Gasteiger partial charge in [0, 0.05) is 50.0 Å². The van der Waals surface area contributed by atoms with Crippen molar-refractivity contribution in [2.45, 2.75) is 26.8 Å². The number of fused-ring (bicyclic) bond motifs is 1. The molecule has 150 valence electrons. The Morgan fingerprint density at radius 1 is 1.07 bits per heavy atom. The molecule has 1 fully saturated rings. The fourth-order valence-electron chi connectivity index (χ4n) is 3.43. The minimum atomic E-state index is -0.424. The van der Waals surface area contributed by atoms with Crippen LogP contribution in [0.2, 0.25) is 0 Å². The highest BCUT2D eigenvalue weighted by Crippen LogP contribution is 2.26. The molecule has 0 aliphatic carbocycles. The fraction of sp³-hybridized carbons (Fsp3) is 0.476. The molecular formula is C21H29N5O2. The summed E-state index contributed by atoms with van der Waals surface area (Å²) in [7, 11) is 0. The first-order valence-corrected chi connectivity index (χ1v) is 9.87. The Hall–Kier alpha value is -2.67. The molecule has 0 saturated carbocycles. The van der Waals surface area contributed by atoms with E-state index in [0.717, 1.165) is 37.1 Å². The number of imide groups is 1. The maximum Gasteiger partial charge on any atom is 0.321 e. The van der Waals surface area contributed by atoms with Crippen LogP contribution in [0.4, 0.5) is 10.5 Å². The molecular weight excluding hydrogens is 354 g/mol. The number of pyridine rings is 1. The van der Waals surface area contributed by atoms with Gasteiger partial charge in [-0.1, -0.05) is 32.0 Å². The number of aromatic nitrogens is 1. The maximum atomic E-state index is 12.4. The van der Waals surface area contributed by atoms with Crippen LogP contribution < -0.4 is 15.5 Å². The number of rotatable bonds is 5. The first kappa shape index (κ1) is 20.1. The molecule has 0 spiro atoms. The van der Waals surface area contributed by atoms with Crippen molar-refractivity contribution < 1.29 is 9.59 Å². The smallest absolute Gasteiger partial charge is 0.321 e. The SMILES string of the molecule is CC(C)CNC(=O)NC(=O)C(C)N1CCN(c2ccnc3ccccc23)CC1. The lowest BCUT2D eigenvalue weighted by atomic mass is 10.1. The number of urea groups is 1. The van der Waals surface area contributed by atoms with Gasteiger partial charge in [-0.3, -0.25) is 20.0 Å². The van der Waals surface area contributed by atoms with Crippen molar-refractivity contribution >= 4 is 28.5 Å². The largest absolute Gasteiger partial charge is 0.368 e. The highest BCUT2D eigenvalue weighted by atomic mass is 16.2. The molecule has 1 atom stereocenters. The van der Waals surface area contributed by atoms with Gasteiger partial charge in [-0.15, -0.1) is 0 Å². The Kier molecular flexibility index (Phi) is 6.46. The van der Waals surface area contributed by atoms with E-state index in [-0.39, 0.29) is 11.9 Å². The van der Waals surface area contributed by atoms with Crippen LogP contribution in [0, 0.1) is 5.92 Å². The van der Waals surface area contributed by atoms with Crippen LogP contribution in [0.1, 0.15) is 20.8 Å². The van der Waals surface area contributed by atoms with Gasteiger partial charge in [-0.05, 0) is 25.0 Å². The van der Waals surface area contributed by atoms with Crippen LogP contribution in [-0.4, -0.2) is 60.6 Å². The van der Waals surface area contributed by atoms with E-state index in [2.05, 4.69) is 31.5 Å². The zero-order valence-electron chi connectivity index (χ0n) is 16.8. The van der Waals surface area contributed by atoms with Crippen LogP contribution in [0.3, 0.4) is 0 Å². The Morgan fingerprint density at radius 2 is 1.79 bits per heavy atom. The van der Waals surface area contributed by atoms with Crippen LogP contribution in [0.5, 0.6) is 0 Å². The zero-order chi connectivity index (χ0) is 20.1. The van der Waals surface area contributed by atoms with Crippen LogP contribution >= 0.6 is 0 Å². The van der Waals surface area contributed by atoms with E-state index >= 15 is 0 Å². The lowest BCUT2D eigenvalue weighted by Crippen LogP contribution is -2.55. The quantitative estimate of drug-likeness (QED) is 0.828. The van der Waals surface area contributed by atoms with Gasteiger partial charge < -0.3 is 10.2 Å². The number of anilines is 1. The monoisotopic (exact) mass is 383 g/mol. The van der Waals surface area contributed by atoms with Crippen molar-refractivity contribution in [3.05, 3.63) is 36.5 Å². The van der Waals surface area contributed by atoms with E-state index in [4.69, 9.17) is 0 Å². The number of nitrogens with zero attached hydrogens (tertiary/aromatic N) is 3. The van der Waals surface area contributed by atoms with Gasteiger partial charge in [0.15, 0.2) is 0 Å². The number of carbonyl (C=O) groups is 2. The van der Waals surface area contributed by atoms with Crippen molar-refractivity contribution in [2.24, 2.45) is 5.92 Å². The Morgan fingerprint density at radius 3 is 2.50 bits per heavy atom. The molecule has 3 amide bonds. The highest BCUT2D eigenvalue weighted by Gasteiger charge is 2.27. The van der Waals surface area contributed by atoms with Crippen LogP contribution in [0.25, 0.3) is 10.9 Å². The number of benzene rings is 1. The Labute approximate surface area is 166 Å². The van der Waals surface area contributed by atoms with Crippen LogP contribution in [-0.2, 0) is 4.79 Å². The molecule has 1 saturated heterocycles. The fourth-order valence-corrected chi connectivity index (χ4v) is 3.43. The maximum absolute atomic E-state index is 12.4. The third kappa shape index (κ3) is 4.78. The topological polar surface area (TPSA) is 77.6 Å². The summed E-state index contributed by atoms with van der Waals surface area (Å²) in [5.41, 5.74) is 2.16. The van der Waals surface area contributed by atoms with Crippen molar-refractivity contribution in [3.8, 4) is 0 Å². The second-order valence-corrected chi connectivity index (χ2v) is 7.64. The summed E-state index contributed by atoms with van der Waals surface area (Å²) in [6, 6.07) is 9.41. The summed E-state index contributed by atoms with van der Waals surface area (Å²) in [6.45, 7) is 9.59. The minimum Gasteiger partial charge on any atom is -0.368 e. The summed E-state index contributed by atoms with van der Waals surface area (Å²) in [5.74, 6) is 0.0830. The third-order valence-corrected chi connectivity index (χ3v) is 5.12. The molecule has 0 bridgehead atoms. The van der Waals surface area contributed by atoms with E-state index in [0.29, 0.717) is 12.5 Å². The Bertz CT molecular complexity index is 825. The van der Waals surface area contributed by atoms with Crippen LogP contribution in [0.15, 0.2) is 36.5 Å². The lowest BCUT2D eigenvalue weighted by molar-refractivity contribution is -0.124. The summed E-state index contributed by atoms with van der Waals surface area (Å²) < 4.78 is 0. The molecule has 3 rings (SSSR count). The van der Waals surface area contributed by atoms with Gasteiger partial charge in [0.25, 0.3) is 0 Å². The third-order valence-electron chi connectivity index (χ3n) is 5.12. The summed E-state index contributed by atoms with van der Waals surface area (Å²) in [6.07, 6.45) is 1.84. The number of amides is 3. The summed E-state index contributed by atoms with van der Waals surface area (Å²) in [4.78, 5) is 33.1. The first-order chi connectivity index (χ1) is 13.5. The molecule has 2 N–H and O–H groups in total. The molecule has 28 heavy (non-hydrogen) atoms. The number of hydrogen-bond acceptors (Lipinski definition) is 5. The molecule has 2 aromatic rings. The molecule has 7 heteroatoms. The number of piperazine rings is 1. The minimum absolute atomic E-state index is 0.260. The second-order valence-electron chi connectivity index (χ2n) is 7.64. The molecule has 7 nitrogen and oxygen atoms in total. The second kappa shape index (κ2) is 9.01. The number of para-hydroxylation sites is 1. The molecule has 0 radical (unpaired) electrons. The number of hydrogen-bond donors (Lipinski definition) is 2. The van der Waals surface area contributed by atoms with Crippen molar-refractivity contribution in [1.29, 1.82) is 0 Å². The predicted octanol–water partition coefficient (Wildman–Crippen LogP) is 2.23. The summed E-state index contributed by atoms with van der Waals surface area (Å²) in [5, 5.41) is 6.30. The normalized spacial score (nSPS) is 16.2. The van der Waals surface area contributed by atoms with E-state index in [1.807, 2.05) is 51.2 Å². The van der Waals surface area contributed by atoms with Crippen molar-refractivity contribution in [2.75, 3.05) is 37.6 Å². The molecule has 1 aliphatic rings. The highest BCUT2D eigenvalue weighted by molar-refractivity contribution is 5.96. The molecule has 1 unspecified atom stereocenters. The van der Waals surface area contributed by atoms with Gasteiger partial charge in [0.1, 0.15) is 0 Å². The van der Waals surface area contributed by atoms with Crippen molar-refractivity contribution in [3.63, 3.8) is 0 Å². The number of nitrogens with one attached hydrogen (secondary N) is 2. The zero-order valence-corrected chi connectivity index (χ0v) is 16.8. The molecule has 2 heterocycles. The summed E-state index contributed by atoms with van der Waals surface area (Å²) >= 11 is 0. The molecule has 1 aromatic heterocycles. The molecule has 1 aromatic carbocycles. The van der Waals surface area contributed by atoms with Gasteiger partial charge >= 0.3 is 6.03 Å². The van der Waals surface area contributed by atoms with Gasteiger partial charge in [-0.25, -0.2) is 4.79 Å². The first-order valence-electron chi connectivity index (χ1n) is 9.87. The van der Waals surface area contributed by atoms with Gasteiger partial charge in [-0.2, -0.15) is 0 Å². The standard InChI is InChI=1S/C21H29N5O2/c1-15(2)14-23-21(28)24-20(27)16(3)25-10-12-26(13-11-25)19-8-9-22-18-7-5-4-6-17(18)19/h4-9,15-16H,10-14H2,1-3H3,(H2,23,24,27,28). The predicted molar refractivity (Wildman–Crippen MR) is 111 cm³/mol. The molecule has 1 aliphatic heterocycles. The van der Waals surface area contributed by atoms with Crippen molar-refractivity contribution in [1.82, 2.24) is 20.5 Å². The lowest BCUT2D eigenvalue weighted by Gasteiger charge is -2.38. The Balaban J connectivity index is 1.56. The number of carbonyl (C=O) groups excluding carboxylic acids is 2. The van der Waals surface area contributed by atoms with E-state index < -0.39 is 6.03 Å². The average molecular weight is 383 g/mol. The average Bonchev–Trinajstić information content (AvgIpc) is 2.71.